The lowest BCUT2D eigenvalue weighted by atomic mass is 9.80. The van der Waals surface area contributed by atoms with E-state index in [2.05, 4.69) is 0 Å². The maximum atomic E-state index is 13.5. The quantitative estimate of drug-likeness (QED) is 0.850. The van der Waals surface area contributed by atoms with E-state index in [1.54, 1.807) is 19.9 Å². The van der Waals surface area contributed by atoms with E-state index in [-0.39, 0.29) is 6.42 Å². The van der Waals surface area contributed by atoms with Gasteiger partial charge in [0.1, 0.15) is 0 Å². The van der Waals surface area contributed by atoms with Crippen LogP contribution < -0.4 is 0 Å². The second-order valence-corrected chi connectivity index (χ2v) is 4.78. The standard InChI is InChI=1S/C13H17FO3/c1-4-8-5-9(12(17)10(14)6-8)13(2,3)7-11(15)16/h5-6,17H,4,7H2,1-3H3,(H,15,16). The molecule has 0 aliphatic rings. The number of aryl methyl sites for hydroxylation is 1. The van der Waals surface area contributed by atoms with Gasteiger partial charge in [0.25, 0.3) is 0 Å². The lowest BCUT2D eigenvalue weighted by Gasteiger charge is -2.25. The molecule has 0 amide bonds. The molecular weight excluding hydrogens is 223 g/mol. The van der Waals surface area contributed by atoms with Gasteiger partial charge in [-0.25, -0.2) is 4.39 Å². The van der Waals surface area contributed by atoms with Crippen molar-refractivity contribution in [3.63, 3.8) is 0 Å². The van der Waals surface area contributed by atoms with Crippen molar-refractivity contribution in [2.45, 2.75) is 39.0 Å². The molecule has 0 saturated carbocycles. The van der Waals surface area contributed by atoms with Crippen molar-refractivity contribution in [1.82, 2.24) is 0 Å². The number of carboxylic acid groups (broad SMARTS) is 1. The number of carbonyl (C=O) groups is 1. The SMILES string of the molecule is CCc1cc(F)c(O)c(C(C)(C)CC(=O)O)c1. The number of carboxylic acids is 1. The van der Waals surface area contributed by atoms with Gasteiger partial charge >= 0.3 is 5.97 Å². The van der Waals surface area contributed by atoms with E-state index < -0.39 is 23.0 Å². The molecule has 1 aromatic carbocycles. The van der Waals surface area contributed by atoms with Crippen LogP contribution in [-0.4, -0.2) is 16.2 Å². The van der Waals surface area contributed by atoms with Crippen LogP contribution in [0.4, 0.5) is 4.39 Å². The second kappa shape index (κ2) is 4.73. The van der Waals surface area contributed by atoms with Gasteiger partial charge in [0, 0.05) is 11.0 Å². The van der Waals surface area contributed by atoms with Gasteiger partial charge in [0.15, 0.2) is 11.6 Å². The molecule has 3 nitrogen and oxygen atoms in total. The van der Waals surface area contributed by atoms with Crippen molar-refractivity contribution in [2.75, 3.05) is 0 Å². The first-order valence-corrected chi connectivity index (χ1v) is 5.51. The molecule has 1 aromatic rings. The molecule has 0 fully saturated rings. The zero-order valence-electron chi connectivity index (χ0n) is 10.2. The molecule has 0 radical (unpaired) electrons. The fourth-order valence-electron chi connectivity index (χ4n) is 1.85. The number of hydrogen-bond acceptors (Lipinski definition) is 2. The number of halogens is 1. The van der Waals surface area contributed by atoms with E-state index in [1.807, 2.05) is 6.92 Å². The number of aromatic hydroxyl groups is 1. The summed E-state index contributed by atoms with van der Waals surface area (Å²) in [5.74, 6) is -2.12. The Kier molecular flexibility index (Phi) is 3.76. The number of phenolic OH excluding ortho intramolecular Hbond substituents is 1. The fraction of sp³-hybridized carbons (Fsp3) is 0.462. The summed E-state index contributed by atoms with van der Waals surface area (Å²) in [6.07, 6.45) is 0.473. The molecule has 0 atom stereocenters. The Hall–Kier alpha value is -1.58. The van der Waals surface area contributed by atoms with Crippen molar-refractivity contribution in [3.05, 3.63) is 29.1 Å². The number of rotatable bonds is 4. The van der Waals surface area contributed by atoms with Crippen LogP contribution in [0.1, 0.15) is 38.3 Å². The van der Waals surface area contributed by atoms with E-state index in [0.29, 0.717) is 12.0 Å². The van der Waals surface area contributed by atoms with Gasteiger partial charge in [0.2, 0.25) is 0 Å². The first-order chi connectivity index (χ1) is 7.77. The maximum absolute atomic E-state index is 13.5. The van der Waals surface area contributed by atoms with Crippen LogP contribution in [0, 0.1) is 5.82 Å². The molecule has 2 N–H and O–H groups in total. The molecule has 0 saturated heterocycles. The molecular formula is C13H17FO3. The van der Waals surface area contributed by atoms with Crippen LogP contribution in [-0.2, 0) is 16.6 Å². The highest BCUT2D eigenvalue weighted by atomic mass is 19.1. The minimum absolute atomic E-state index is 0.160. The van der Waals surface area contributed by atoms with E-state index in [0.717, 1.165) is 5.56 Å². The average Bonchev–Trinajstić information content (AvgIpc) is 2.19. The highest BCUT2D eigenvalue weighted by molar-refractivity contribution is 5.69. The average molecular weight is 240 g/mol. The van der Waals surface area contributed by atoms with E-state index in [4.69, 9.17) is 5.11 Å². The lowest BCUT2D eigenvalue weighted by Crippen LogP contribution is -2.22. The number of hydrogen-bond donors (Lipinski definition) is 2. The Labute approximate surface area is 99.9 Å². The van der Waals surface area contributed by atoms with Gasteiger partial charge in [-0.2, -0.15) is 0 Å². The zero-order chi connectivity index (χ0) is 13.2. The molecule has 0 spiro atoms. The number of aliphatic carboxylic acids is 1. The first kappa shape index (κ1) is 13.5. The molecule has 1 rings (SSSR count). The van der Waals surface area contributed by atoms with Gasteiger partial charge in [0.05, 0.1) is 6.42 Å². The van der Waals surface area contributed by atoms with E-state index >= 15 is 0 Å². The van der Waals surface area contributed by atoms with Gasteiger partial charge in [-0.1, -0.05) is 26.8 Å². The highest BCUT2D eigenvalue weighted by Crippen LogP contribution is 2.36. The third-order valence-corrected chi connectivity index (χ3v) is 2.85. The molecule has 17 heavy (non-hydrogen) atoms. The van der Waals surface area contributed by atoms with E-state index in [9.17, 15) is 14.3 Å². The summed E-state index contributed by atoms with van der Waals surface area (Å²) in [5, 5.41) is 18.5. The van der Waals surface area contributed by atoms with Gasteiger partial charge in [-0.3, -0.25) is 4.79 Å². The van der Waals surface area contributed by atoms with Crippen LogP contribution in [0.2, 0.25) is 0 Å². The van der Waals surface area contributed by atoms with Crippen molar-refractivity contribution in [3.8, 4) is 5.75 Å². The van der Waals surface area contributed by atoms with E-state index in [1.165, 1.54) is 6.07 Å². The summed E-state index contributed by atoms with van der Waals surface area (Å²) < 4.78 is 13.5. The Balaban J connectivity index is 3.28. The smallest absolute Gasteiger partial charge is 0.304 e. The normalized spacial score (nSPS) is 11.5. The van der Waals surface area contributed by atoms with Crippen LogP contribution in [0.5, 0.6) is 5.75 Å². The summed E-state index contributed by atoms with van der Waals surface area (Å²) in [6, 6.07) is 2.94. The van der Waals surface area contributed by atoms with Gasteiger partial charge in [-0.15, -0.1) is 0 Å². The van der Waals surface area contributed by atoms with Crippen LogP contribution in [0.25, 0.3) is 0 Å². The Morgan fingerprint density at radius 2 is 2.00 bits per heavy atom. The van der Waals surface area contributed by atoms with Crippen LogP contribution in [0.15, 0.2) is 12.1 Å². The molecule has 0 heterocycles. The molecule has 0 unspecified atom stereocenters. The van der Waals surface area contributed by atoms with Gasteiger partial charge < -0.3 is 10.2 Å². The fourth-order valence-corrected chi connectivity index (χ4v) is 1.85. The molecule has 0 aromatic heterocycles. The Morgan fingerprint density at radius 1 is 1.41 bits per heavy atom. The Bertz CT molecular complexity index is 439. The molecule has 0 bridgehead atoms. The predicted molar refractivity (Wildman–Crippen MR) is 62.7 cm³/mol. The lowest BCUT2D eigenvalue weighted by molar-refractivity contribution is -0.138. The number of phenols is 1. The summed E-state index contributed by atoms with van der Waals surface area (Å²) in [6.45, 7) is 5.23. The van der Waals surface area contributed by atoms with Crippen molar-refractivity contribution >= 4 is 5.97 Å². The van der Waals surface area contributed by atoms with Crippen LogP contribution >= 0.6 is 0 Å². The Morgan fingerprint density at radius 3 is 2.47 bits per heavy atom. The second-order valence-electron chi connectivity index (χ2n) is 4.78. The van der Waals surface area contributed by atoms with Crippen molar-refractivity contribution in [2.24, 2.45) is 0 Å². The van der Waals surface area contributed by atoms with Crippen molar-refractivity contribution < 1.29 is 19.4 Å². The largest absolute Gasteiger partial charge is 0.505 e. The number of benzene rings is 1. The topological polar surface area (TPSA) is 57.5 Å². The van der Waals surface area contributed by atoms with Crippen LogP contribution in [0.3, 0.4) is 0 Å². The van der Waals surface area contributed by atoms with Gasteiger partial charge in [-0.05, 0) is 18.1 Å². The summed E-state index contributed by atoms with van der Waals surface area (Å²) in [4.78, 5) is 10.8. The minimum atomic E-state index is -0.975. The molecule has 94 valence electrons. The summed E-state index contributed by atoms with van der Waals surface area (Å²) in [7, 11) is 0. The summed E-state index contributed by atoms with van der Waals surface area (Å²) in [5.41, 5.74) is 0.285. The predicted octanol–water partition coefficient (Wildman–Crippen LogP) is 2.85. The third-order valence-electron chi connectivity index (χ3n) is 2.85. The first-order valence-electron chi connectivity index (χ1n) is 5.51. The maximum Gasteiger partial charge on any atom is 0.304 e. The third kappa shape index (κ3) is 2.96. The zero-order valence-corrected chi connectivity index (χ0v) is 10.2. The summed E-state index contributed by atoms with van der Waals surface area (Å²) >= 11 is 0. The monoisotopic (exact) mass is 240 g/mol. The molecule has 4 heteroatoms. The molecule has 0 aliphatic carbocycles. The molecule has 0 aliphatic heterocycles. The highest BCUT2D eigenvalue weighted by Gasteiger charge is 2.28. The minimum Gasteiger partial charge on any atom is -0.505 e. The van der Waals surface area contributed by atoms with Crippen molar-refractivity contribution in [1.29, 1.82) is 0 Å².